The molecule has 0 bridgehead atoms. The van der Waals surface area contributed by atoms with E-state index in [1.165, 1.54) is 11.5 Å². The minimum Gasteiger partial charge on any atom is -0.378 e. The molecule has 5 nitrogen and oxygen atoms in total. The van der Waals surface area contributed by atoms with Crippen LogP contribution in [0.1, 0.15) is 10.4 Å². The maximum Gasteiger partial charge on any atom is 0.254 e. The number of pyridine rings is 1. The summed E-state index contributed by atoms with van der Waals surface area (Å²) < 4.78 is 5.31. The summed E-state index contributed by atoms with van der Waals surface area (Å²) in [5, 5.41) is 0. The monoisotopic (exact) mass is 369 g/mol. The number of aromatic nitrogens is 1. The number of carbonyl (C=O) groups excluding carboxylic acids is 1. The van der Waals surface area contributed by atoms with Gasteiger partial charge in [-0.15, -0.1) is 0 Å². The van der Waals surface area contributed by atoms with E-state index in [2.05, 4.69) is 22.0 Å². The SMILES string of the molecule is O=C(c1ccc(-c2ccc(N3CCSCC3)nc2)cc1)N1CCOCC1. The summed E-state index contributed by atoms with van der Waals surface area (Å²) >= 11 is 2.00. The van der Waals surface area contributed by atoms with Crippen LogP contribution in [0.4, 0.5) is 5.82 Å². The molecule has 0 spiro atoms. The van der Waals surface area contributed by atoms with Crippen LogP contribution in [-0.4, -0.2) is 66.7 Å². The Balaban J connectivity index is 1.45. The maximum absolute atomic E-state index is 12.5. The van der Waals surface area contributed by atoms with Crippen molar-refractivity contribution >= 4 is 23.5 Å². The van der Waals surface area contributed by atoms with Crippen molar-refractivity contribution in [2.24, 2.45) is 0 Å². The van der Waals surface area contributed by atoms with Crippen molar-refractivity contribution in [2.45, 2.75) is 0 Å². The summed E-state index contributed by atoms with van der Waals surface area (Å²) in [6.07, 6.45) is 1.93. The van der Waals surface area contributed by atoms with Gasteiger partial charge in [-0.05, 0) is 29.8 Å². The van der Waals surface area contributed by atoms with E-state index in [1.54, 1.807) is 0 Å². The molecule has 2 aliphatic heterocycles. The average molecular weight is 369 g/mol. The molecule has 0 saturated carbocycles. The molecular formula is C20H23N3O2S. The van der Waals surface area contributed by atoms with Crippen LogP contribution in [-0.2, 0) is 4.74 Å². The zero-order chi connectivity index (χ0) is 17.8. The number of thioether (sulfide) groups is 1. The van der Waals surface area contributed by atoms with Crippen LogP contribution in [0.25, 0.3) is 11.1 Å². The highest BCUT2D eigenvalue weighted by Gasteiger charge is 2.18. The van der Waals surface area contributed by atoms with Crippen molar-refractivity contribution in [3.05, 3.63) is 48.2 Å². The predicted octanol–water partition coefficient (Wildman–Crippen LogP) is 2.77. The van der Waals surface area contributed by atoms with Crippen LogP contribution in [0, 0.1) is 0 Å². The lowest BCUT2D eigenvalue weighted by molar-refractivity contribution is 0.0303. The van der Waals surface area contributed by atoms with Gasteiger partial charge in [0.05, 0.1) is 13.2 Å². The van der Waals surface area contributed by atoms with Crippen molar-refractivity contribution in [3.8, 4) is 11.1 Å². The van der Waals surface area contributed by atoms with E-state index in [0.717, 1.165) is 35.6 Å². The van der Waals surface area contributed by atoms with Gasteiger partial charge in [0, 0.05) is 55.0 Å². The first-order valence-electron chi connectivity index (χ1n) is 9.07. The topological polar surface area (TPSA) is 45.7 Å². The Bertz CT molecular complexity index is 737. The number of ether oxygens (including phenoxy) is 1. The van der Waals surface area contributed by atoms with Gasteiger partial charge in [0.25, 0.3) is 5.91 Å². The first kappa shape index (κ1) is 17.4. The zero-order valence-electron chi connectivity index (χ0n) is 14.8. The number of anilines is 1. The number of morpholine rings is 1. The quantitative estimate of drug-likeness (QED) is 0.833. The van der Waals surface area contributed by atoms with Gasteiger partial charge in [0.2, 0.25) is 0 Å². The zero-order valence-corrected chi connectivity index (χ0v) is 15.6. The fraction of sp³-hybridized carbons (Fsp3) is 0.400. The maximum atomic E-state index is 12.5. The molecule has 0 atom stereocenters. The molecule has 1 amide bonds. The number of benzene rings is 1. The van der Waals surface area contributed by atoms with Gasteiger partial charge in [-0.1, -0.05) is 12.1 Å². The van der Waals surface area contributed by atoms with Crippen LogP contribution in [0.2, 0.25) is 0 Å². The molecule has 2 fully saturated rings. The highest BCUT2D eigenvalue weighted by Crippen LogP contribution is 2.23. The molecule has 0 radical (unpaired) electrons. The van der Waals surface area contributed by atoms with Crippen molar-refractivity contribution < 1.29 is 9.53 Å². The van der Waals surface area contributed by atoms with E-state index in [-0.39, 0.29) is 5.91 Å². The van der Waals surface area contributed by atoms with Crippen LogP contribution in [0.5, 0.6) is 0 Å². The lowest BCUT2D eigenvalue weighted by Crippen LogP contribution is -2.40. The standard InChI is InChI=1S/C20H23N3O2S/c24-20(23-7-11-25-12-8-23)17-3-1-16(2-4-17)18-5-6-19(21-15-18)22-9-13-26-14-10-22/h1-6,15H,7-14H2. The van der Waals surface area contributed by atoms with Crippen molar-refractivity contribution in [1.29, 1.82) is 0 Å². The van der Waals surface area contributed by atoms with Crippen LogP contribution >= 0.6 is 11.8 Å². The smallest absolute Gasteiger partial charge is 0.254 e. The fourth-order valence-corrected chi connectivity index (χ4v) is 4.19. The van der Waals surface area contributed by atoms with Crippen LogP contribution < -0.4 is 4.90 Å². The first-order valence-corrected chi connectivity index (χ1v) is 10.2. The molecule has 6 heteroatoms. The Morgan fingerprint density at radius 3 is 2.27 bits per heavy atom. The summed E-state index contributed by atoms with van der Waals surface area (Å²) in [5.41, 5.74) is 2.88. The molecule has 4 rings (SSSR count). The Kier molecular flexibility index (Phi) is 5.41. The van der Waals surface area contributed by atoms with Gasteiger partial charge in [-0.2, -0.15) is 11.8 Å². The second-order valence-electron chi connectivity index (χ2n) is 6.49. The summed E-state index contributed by atoms with van der Waals surface area (Å²) in [7, 11) is 0. The molecule has 0 aliphatic carbocycles. The van der Waals surface area contributed by atoms with E-state index in [1.807, 2.05) is 47.1 Å². The van der Waals surface area contributed by atoms with E-state index >= 15 is 0 Å². The van der Waals surface area contributed by atoms with E-state index < -0.39 is 0 Å². The molecular weight excluding hydrogens is 346 g/mol. The van der Waals surface area contributed by atoms with Gasteiger partial charge in [-0.3, -0.25) is 4.79 Å². The third-order valence-electron chi connectivity index (χ3n) is 4.85. The van der Waals surface area contributed by atoms with Crippen molar-refractivity contribution in [3.63, 3.8) is 0 Å². The number of nitrogens with zero attached hydrogens (tertiary/aromatic N) is 3. The third kappa shape index (κ3) is 3.86. The molecule has 0 N–H and O–H groups in total. The Labute approximate surface area is 158 Å². The number of amides is 1. The summed E-state index contributed by atoms with van der Waals surface area (Å²) in [6.45, 7) is 4.71. The number of hydrogen-bond donors (Lipinski definition) is 0. The van der Waals surface area contributed by atoms with Gasteiger partial charge < -0.3 is 14.5 Å². The molecule has 2 aliphatic rings. The average Bonchev–Trinajstić information content (AvgIpc) is 2.75. The molecule has 2 aromatic rings. The number of carbonyl (C=O) groups is 1. The second kappa shape index (κ2) is 8.10. The van der Waals surface area contributed by atoms with E-state index in [0.29, 0.717) is 26.3 Å². The minimum atomic E-state index is 0.0799. The van der Waals surface area contributed by atoms with E-state index in [9.17, 15) is 4.79 Å². The molecule has 2 saturated heterocycles. The van der Waals surface area contributed by atoms with Crippen molar-refractivity contribution in [1.82, 2.24) is 9.88 Å². The lowest BCUT2D eigenvalue weighted by atomic mass is 10.0. The molecule has 136 valence electrons. The molecule has 1 aromatic heterocycles. The summed E-state index contributed by atoms with van der Waals surface area (Å²) in [5.74, 6) is 3.47. The van der Waals surface area contributed by atoms with Gasteiger partial charge in [-0.25, -0.2) is 4.98 Å². The van der Waals surface area contributed by atoms with Gasteiger partial charge in [0.15, 0.2) is 0 Å². The highest BCUT2D eigenvalue weighted by atomic mass is 32.2. The minimum absolute atomic E-state index is 0.0799. The normalized spacial score (nSPS) is 18.0. The first-order chi connectivity index (χ1) is 12.8. The molecule has 0 unspecified atom stereocenters. The number of hydrogen-bond acceptors (Lipinski definition) is 5. The summed E-state index contributed by atoms with van der Waals surface area (Å²) in [4.78, 5) is 21.3. The Morgan fingerprint density at radius 2 is 1.62 bits per heavy atom. The Hall–Kier alpha value is -2.05. The largest absolute Gasteiger partial charge is 0.378 e. The number of rotatable bonds is 3. The van der Waals surface area contributed by atoms with Crippen LogP contribution in [0.3, 0.4) is 0 Å². The van der Waals surface area contributed by atoms with Gasteiger partial charge in [0.1, 0.15) is 5.82 Å². The predicted molar refractivity (Wildman–Crippen MR) is 106 cm³/mol. The third-order valence-corrected chi connectivity index (χ3v) is 5.79. The van der Waals surface area contributed by atoms with E-state index in [4.69, 9.17) is 4.74 Å². The molecule has 1 aromatic carbocycles. The summed E-state index contributed by atoms with van der Waals surface area (Å²) in [6, 6.07) is 12.0. The van der Waals surface area contributed by atoms with Gasteiger partial charge >= 0.3 is 0 Å². The molecule has 26 heavy (non-hydrogen) atoms. The van der Waals surface area contributed by atoms with Crippen molar-refractivity contribution in [2.75, 3.05) is 55.8 Å². The van der Waals surface area contributed by atoms with Crippen LogP contribution in [0.15, 0.2) is 42.6 Å². The Morgan fingerprint density at radius 1 is 0.923 bits per heavy atom. The fourth-order valence-electron chi connectivity index (χ4n) is 3.29. The lowest BCUT2D eigenvalue weighted by Gasteiger charge is -2.27. The highest BCUT2D eigenvalue weighted by molar-refractivity contribution is 7.99. The second-order valence-corrected chi connectivity index (χ2v) is 7.71. The molecule has 3 heterocycles.